The van der Waals surface area contributed by atoms with Gasteiger partial charge in [-0.3, -0.25) is 0 Å². The van der Waals surface area contributed by atoms with Crippen LogP contribution in [-0.2, 0) is 5.41 Å². The van der Waals surface area contributed by atoms with E-state index in [1.807, 2.05) is 12.1 Å². The predicted molar refractivity (Wildman–Crippen MR) is 60.2 cm³/mol. The lowest BCUT2D eigenvalue weighted by Gasteiger charge is -2.33. The molecule has 0 unspecified atom stereocenters. The first-order valence-corrected chi connectivity index (χ1v) is 5.46. The normalized spacial score (nSPS) is 20.3. The van der Waals surface area contributed by atoms with Gasteiger partial charge in [-0.15, -0.1) is 0 Å². The van der Waals surface area contributed by atoms with Crippen molar-refractivity contribution < 1.29 is 9.84 Å². The molecular weight excluding hydrogens is 188 g/mol. The molecule has 0 fully saturated rings. The fourth-order valence-corrected chi connectivity index (χ4v) is 2.01. The lowest BCUT2D eigenvalue weighted by atomic mass is 9.79. The van der Waals surface area contributed by atoms with Crippen LogP contribution in [0.3, 0.4) is 0 Å². The maximum atomic E-state index is 9.55. The Hall–Kier alpha value is -1.02. The molecule has 0 spiro atoms. The highest BCUT2D eigenvalue weighted by Crippen LogP contribution is 2.39. The third kappa shape index (κ3) is 1.86. The monoisotopic (exact) mass is 206 g/mol. The van der Waals surface area contributed by atoms with E-state index in [-0.39, 0.29) is 5.41 Å². The zero-order chi connectivity index (χ0) is 11.1. The van der Waals surface area contributed by atoms with Crippen molar-refractivity contribution >= 4 is 0 Å². The molecule has 0 bridgehead atoms. The van der Waals surface area contributed by atoms with Crippen LogP contribution in [0.5, 0.6) is 5.75 Å². The number of rotatable bonds is 1. The second-order valence-electron chi connectivity index (χ2n) is 4.91. The largest absolute Gasteiger partial charge is 0.493 e. The van der Waals surface area contributed by atoms with Crippen LogP contribution in [0, 0.1) is 0 Å². The summed E-state index contributed by atoms with van der Waals surface area (Å²) in [6.07, 6.45) is 0.622. The second kappa shape index (κ2) is 3.53. The number of benzene rings is 1. The summed E-state index contributed by atoms with van der Waals surface area (Å²) in [6.45, 7) is 7.02. The van der Waals surface area contributed by atoms with E-state index in [0.29, 0.717) is 0 Å². The van der Waals surface area contributed by atoms with Crippen molar-refractivity contribution in [3.8, 4) is 5.75 Å². The van der Waals surface area contributed by atoms with E-state index < -0.39 is 6.10 Å². The lowest BCUT2D eigenvalue weighted by Crippen LogP contribution is -2.26. The summed E-state index contributed by atoms with van der Waals surface area (Å²) < 4.78 is 5.61. The Kier molecular flexibility index (Phi) is 2.47. The Bertz CT molecular complexity index is 367. The highest BCUT2D eigenvalue weighted by atomic mass is 16.5. The van der Waals surface area contributed by atoms with E-state index in [1.165, 1.54) is 5.56 Å². The number of aliphatic hydroxyl groups excluding tert-OH is 1. The smallest absolute Gasteiger partial charge is 0.123 e. The number of fused-ring (bicyclic) bond motifs is 1. The van der Waals surface area contributed by atoms with Crippen molar-refractivity contribution in [3.05, 3.63) is 29.3 Å². The first-order chi connectivity index (χ1) is 7.00. The van der Waals surface area contributed by atoms with Crippen LogP contribution < -0.4 is 4.74 Å². The molecule has 2 heteroatoms. The quantitative estimate of drug-likeness (QED) is 0.765. The van der Waals surface area contributed by atoms with Crippen LogP contribution in [0.1, 0.15) is 44.4 Å². The zero-order valence-electron chi connectivity index (χ0n) is 9.58. The van der Waals surface area contributed by atoms with E-state index in [9.17, 15) is 5.11 Å². The highest BCUT2D eigenvalue weighted by molar-refractivity contribution is 5.43. The van der Waals surface area contributed by atoms with Crippen molar-refractivity contribution in [1.82, 2.24) is 0 Å². The van der Waals surface area contributed by atoms with Crippen molar-refractivity contribution in [2.75, 3.05) is 6.61 Å². The van der Waals surface area contributed by atoms with Gasteiger partial charge in [0.05, 0.1) is 12.7 Å². The Morgan fingerprint density at radius 2 is 2.13 bits per heavy atom. The van der Waals surface area contributed by atoms with Crippen LogP contribution in [-0.4, -0.2) is 11.7 Å². The van der Waals surface area contributed by atoms with Crippen LogP contribution >= 0.6 is 0 Å². The molecule has 0 saturated carbocycles. The number of aliphatic hydroxyl groups is 1. The van der Waals surface area contributed by atoms with Gasteiger partial charge in [0.15, 0.2) is 0 Å². The van der Waals surface area contributed by atoms with Crippen LogP contribution in [0.15, 0.2) is 18.2 Å². The Morgan fingerprint density at radius 1 is 1.40 bits per heavy atom. The van der Waals surface area contributed by atoms with Crippen molar-refractivity contribution in [2.45, 2.75) is 38.7 Å². The van der Waals surface area contributed by atoms with Crippen LogP contribution in [0.25, 0.3) is 0 Å². The van der Waals surface area contributed by atoms with E-state index in [0.717, 1.165) is 24.3 Å². The maximum absolute atomic E-state index is 9.55. The summed E-state index contributed by atoms with van der Waals surface area (Å²) >= 11 is 0. The molecule has 1 N–H and O–H groups in total. The molecule has 0 radical (unpaired) electrons. The van der Waals surface area contributed by atoms with Gasteiger partial charge in [0.25, 0.3) is 0 Å². The van der Waals surface area contributed by atoms with Crippen molar-refractivity contribution in [3.63, 3.8) is 0 Å². The minimum atomic E-state index is -0.409. The van der Waals surface area contributed by atoms with E-state index in [1.54, 1.807) is 6.92 Å². The molecule has 1 aromatic rings. The topological polar surface area (TPSA) is 29.5 Å². The number of ether oxygens (including phenoxy) is 1. The molecule has 2 rings (SSSR count). The molecule has 1 atom stereocenters. The average molecular weight is 206 g/mol. The molecule has 82 valence electrons. The lowest BCUT2D eigenvalue weighted by molar-refractivity contribution is 0.197. The molecule has 1 heterocycles. The molecule has 2 nitrogen and oxygen atoms in total. The standard InChI is InChI=1S/C13H18O2/c1-9(14)10-4-5-12-11(8-10)13(2,3)6-7-15-12/h4-5,8-9,14H,6-7H2,1-3H3/t9-/m0/s1. The molecule has 0 aliphatic carbocycles. The first-order valence-electron chi connectivity index (χ1n) is 5.46. The summed E-state index contributed by atoms with van der Waals surface area (Å²) in [6, 6.07) is 5.97. The number of hydrogen-bond donors (Lipinski definition) is 1. The van der Waals surface area contributed by atoms with Gasteiger partial charge in [-0.1, -0.05) is 19.9 Å². The van der Waals surface area contributed by atoms with Gasteiger partial charge in [0.2, 0.25) is 0 Å². The average Bonchev–Trinajstić information content (AvgIpc) is 2.17. The zero-order valence-corrected chi connectivity index (χ0v) is 9.58. The SMILES string of the molecule is C[C@H](O)c1ccc2c(c1)C(C)(C)CCO2. The molecule has 0 saturated heterocycles. The fraction of sp³-hybridized carbons (Fsp3) is 0.538. The highest BCUT2D eigenvalue weighted by Gasteiger charge is 2.28. The third-order valence-corrected chi connectivity index (χ3v) is 3.20. The van der Waals surface area contributed by atoms with Gasteiger partial charge in [0, 0.05) is 5.56 Å². The van der Waals surface area contributed by atoms with Gasteiger partial charge >= 0.3 is 0 Å². The summed E-state index contributed by atoms with van der Waals surface area (Å²) in [5, 5.41) is 9.55. The van der Waals surface area contributed by atoms with Gasteiger partial charge < -0.3 is 9.84 Å². The third-order valence-electron chi connectivity index (χ3n) is 3.20. The van der Waals surface area contributed by atoms with E-state index in [4.69, 9.17) is 4.74 Å². The Morgan fingerprint density at radius 3 is 2.80 bits per heavy atom. The van der Waals surface area contributed by atoms with Gasteiger partial charge in [0.1, 0.15) is 5.75 Å². The molecule has 1 aliphatic heterocycles. The first kappa shape index (κ1) is 10.5. The Labute approximate surface area is 90.9 Å². The second-order valence-corrected chi connectivity index (χ2v) is 4.91. The Balaban J connectivity index is 2.49. The number of hydrogen-bond acceptors (Lipinski definition) is 2. The summed E-state index contributed by atoms with van der Waals surface area (Å²) in [5.74, 6) is 0.968. The molecule has 15 heavy (non-hydrogen) atoms. The molecule has 1 aliphatic rings. The van der Waals surface area contributed by atoms with Crippen molar-refractivity contribution in [2.24, 2.45) is 0 Å². The summed E-state index contributed by atoms with van der Waals surface area (Å²) in [7, 11) is 0. The molecular formula is C13H18O2. The van der Waals surface area contributed by atoms with Gasteiger partial charge in [-0.2, -0.15) is 0 Å². The predicted octanol–water partition coefficient (Wildman–Crippen LogP) is 2.80. The summed E-state index contributed by atoms with van der Waals surface area (Å²) in [4.78, 5) is 0. The molecule has 0 aromatic heterocycles. The molecule has 0 amide bonds. The van der Waals surface area contributed by atoms with E-state index in [2.05, 4.69) is 19.9 Å². The van der Waals surface area contributed by atoms with Crippen LogP contribution in [0.4, 0.5) is 0 Å². The minimum absolute atomic E-state index is 0.151. The van der Waals surface area contributed by atoms with E-state index >= 15 is 0 Å². The molecule has 1 aromatic carbocycles. The fourth-order valence-electron chi connectivity index (χ4n) is 2.01. The summed E-state index contributed by atoms with van der Waals surface area (Å²) in [5.41, 5.74) is 2.33. The van der Waals surface area contributed by atoms with Crippen molar-refractivity contribution in [1.29, 1.82) is 0 Å². The minimum Gasteiger partial charge on any atom is -0.493 e. The van der Waals surface area contributed by atoms with Gasteiger partial charge in [-0.05, 0) is 36.5 Å². The van der Waals surface area contributed by atoms with Crippen LogP contribution in [0.2, 0.25) is 0 Å². The van der Waals surface area contributed by atoms with Gasteiger partial charge in [-0.25, -0.2) is 0 Å². The maximum Gasteiger partial charge on any atom is 0.123 e.